The third-order valence-corrected chi connectivity index (χ3v) is 5.30. The van der Waals surface area contributed by atoms with Gasteiger partial charge in [0.1, 0.15) is 17.3 Å². The Labute approximate surface area is 155 Å². The van der Waals surface area contributed by atoms with Gasteiger partial charge in [-0.25, -0.2) is 18.7 Å². The van der Waals surface area contributed by atoms with Crippen LogP contribution < -0.4 is 4.90 Å². The number of alkyl halides is 2. The summed E-state index contributed by atoms with van der Waals surface area (Å²) in [5.74, 6) is 2.15. The molecule has 4 rings (SSSR count). The Hall–Kier alpha value is -1.74. The van der Waals surface area contributed by atoms with Gasteiger partial charge in [0, 0.05) is 50.8 Å². The van der Waals surface area contributed by atoms with Crippen molar-refractivity contribution in [1.29, 1.82) is 0 Å². The first-order valence-corrected chi connectivity index (χ1v) is 9.99. The van der Waals surface area contributed by atoms with Crippen molar-refractivity contribution in [1.82, 2.24) is 20.0 Å². The zero-order valence-electron chi connectivity index (χ0n) is 14.6. The Balaban J connectivity index is 1.37. The smallest absolute Gasteiger partial charge is 0.280 e. The Morgan fingerprint density at radius 2 is 1.96 bits per heavy atom. The van der Waals surface area contributed by atoms with Crippen molar-refractivity contribution >= 4 is 17.6 Å². The van der Waals surface area contributed by atoms with Crippen LogP contribution in [0.1, 0.15) is 42.3 Å². The molecule has 3 heterocycles. The highest BCUT2D eigenvalue weighted by Gasteiger charge is 2.28. The SMILES string of the molecule is CSc1nc(C(F)F)cc(N2CCN(Cc3cc(C4CC4)on3)CC2)n1. The first kappa shape index (κ1) is 17.7. The predicted molar refractivity (Wildman–Crippen MR) is 94.7 cm³/mol. The van der Waals surface area contributed by atoms with Gasteiger partial charge in [0.05, 0.1) is 5.69 Å². The maximum Gasteiger partial charge on any atom is 0.280 e. The van der Waals surface area contributed by atoms with E-state index in [-0.39, 0.29) is 5.69 Å². The summed E-state index contributed by atoms with van der Waals surface area (Å²) in [4.78, 5) is 12.6. The molecular formula is C17H21F2N5OS. The molecule has 26 heavy (non-hydrogen) atoms. The molecule has 0 spiro atoms. The number of nitrogens with zero attached hydrogens (tertiary/aromatic N) is 5. The molecule has 2 aromatic rings. The van der Waals surface area contributed by atoms with Gasteiger partial charge in [0.25, 0.3) is 6.43 Å². The van der Waals surface area contributed by atoms with Gasteiger partial charge in [-0.1, -0.05) is 16.9 Å². The monoisotopic (exact) mass is 381 g/mol. The predicted octanol–water partition coefficient (Wildman–Crippen LogP) is 3.32. The van der Waals surface area contributed by atoms with E-state index in [1.165, 1.54) is 30.7 Å². The molecule has 0 aromatic carbocycles. The first-order chi connectivity index (χ1) is 12.6. The average Bonchev–Trinajstić information content (AvgIpc) is 3.41. The molecule has 0 radical (unpaired) electrons. The second-order valence-corrected chi connectivity index (χ2v) is 7.47. The topological polar surface area (TPSA) is 58.3 Å². The minimum atomic E-state index is -2.59. The van der Waals surface area contributed by atoms with E-state index in [1.807, 2.05) is 4.90 Å². The third-order valence-electron chi connectivity index (χ3n) is 4.76. The molecule has 0 N–H and O–H groups in total. The van der Waals surface area contributed by atoms with E-state index in [0.717, 1.165) is 44.2 Å². The van der Waals surface area contributed by atoms with Crippen molar-refractivity contribution in [2.75, 3.05) is 37.3 Å². The van der Waals surface area contributed by atoms with Gasteiger partial charge in [0.2, 0.25) is 0 Å². The molecule has 0 unspecified atom stereocenters. The van der Waals surface area contributed by atoms with E-state index in [2.05, 4.69) is 26.1 Å². The van der Waals surface area contributed by atoms with Gasteiger partial charge in [0.15, 0.2) is 5.16 Å². The molecule has 140 valence electrons. The summed E-state index contributed by atoms with van der Waals surface area (Å²) in [6.07, 6.45) is 1.60. The van der Waals surface area contributed by atoms with Gasteiger partial charge < -0.3 is 9.42 Å². The third kappa shape index (κ3) is 3.98. The zero-order chi connectivity index (χ0) is 18.1. The Morgan fingerprint density at radius 3 is 2.62 bits per heavy atom. The second-order valence-electron chi connectivity index (χ2n) is 6.70. The highest BCUT2D eigenvalue weighted by Crippen LogP contribution is 2.40. The fourth-order valence-corrected chi connectivity index (χ4v) is 3.50. The largest absolute Gasteiger partial charge is 0.361 e. The number of thioether (sulfide) groups is 1. The molecule has 1 saturated carbocycles. The average molecular weight is 381 g/mol. The lowest BCUT2D eigenvalue weighted by molar-refractivity contribution is 0.145. The van der Waals surface area contributed by atoms with Gasteiger partial charge >= 0.3 is 0 Å². The lowest BCUT2D eigenvalue weighted by Crippen LogP contribution is -2.46. The van der Waals surface area contributed by atoms with Crippen LogP contribution >= 0.6 is 11.8 Å². The van der Waals surface area contributed by atoms with Crippen LogP contribution in [-0.2, 0) is 6.54 Å². The molecule has 1 saturated heterocycles. The van der Waals surface area contributed by atoms with Crippen molar-refractivity contribution in [3.05, 3.63) is 29.3 Å². The van der Waals surface area contributed by atoms with Crippen LogP contribution in [0.3, 0.4) is 0 Å². The zero-order valence-corrected chi connectivity index (χ0v) is 15.4. The maximum atomic E-state index is 13.1. The molecule has 0 bridgehead atoms. The van der Waals surface area contributed by atoms with Crippen LogP contribution in [0, 0.1) is 0 Å². The molecule has 0 atom stereocenters. The normalized spacial score (nSPS) is 18.7. The molecule has 2 aliphatic rings. The minimum Gasteiger partial charge on any atom is -0.361 e. The molecule has 1 aliphatic heterocycles. The van der Waals surface area contributed by atoms with E-state index < -0.39 is 6.43 Å². The number of aromatic nitrogens is 3. The highest BCUT2D eigenvalue weighted by atomic mass is 32.2. The molecule has 1 aliphatic carbocycles. The lowest BCUT2D eigenvalue weighted by Gasteiger charge is -2.35. The van der Waals surface area contributed by atoms with Gasteiger partial charge in [-0.2, -0.15) is 0 Å². The lowest BCUT2D eigenvalue weighted by atomic mass is 10.2. The van der Waals surface area contributed by atoms with Crippen molar-refractivity contribution < 1.29 is 13.3 Å². The first-order valence-electron chi connectivity index (χ1n) is 8.76. The van der Waals surface area contributed by atoms with Crippen LogP contribution in [0.5, 0.6) is 0 Å². The Bertz CT molecular complexity index is 759. The van der Waals surface area contributed by atoms with E-state index in [1.54, 1.807) is 6.26 Å². The standard InChI is InChI=1S/C17H21F2N5OS/c1-26-17-20-13(16(18)19)9-15(21-17)24-6-4-23(5-7-24)10-12-8-14(25-22-12)11-2-3-11/h8-9,11,16H,2-7,10H2,1H3. The second kappa shape index (κ2) is 7.48. The van der Waals surface area contributed by atoms with Crippen LogP contribution in [0.25, 0.3) is 0 Å². The van der Waals surface area contributed by atoms with Gasteiger partial charge in [-0.15, -0.1) is 0 Å². The fourth-order valence-electron chi connectivity index (χ4n) is 3.12. The molecule has 0 amide bonds. The summed E-state index contributed by atoms with van der Waals surface area (Å²) in [6, 6.07) is 3.47. The van der Waals surface area contributed by atoms with Crippen molar-refractivity contribution in [2.24, 2.45) is 0 Å². The number of anilines is 1. The number of hydrogen-bond acceptors (Lipinski definition) is 7. The summed E-state index contributed by atoms with van der Waals surface area (Å²) in [6.45, 7) is 3.89. The summed E-state index contributed by atoms with van der Waals surface area (Å²) < 4.78 is 31.5. The van der Waals surface area contributed by atoms with Crippen molar-refractivity contribution in [2.45, 2.75) is 36.9 Å². The quantitative estimate of drug-likeness (QED) is 0.562. The van der Waals surface area contributed by atoms with E-state index >= 15 is 0 Å². The maximum absolute atomic E-state index is 13.1. The van der Waals surface area contributed by atoms with E-state index in [9.17, 15) is 8.78 Å². The highest BCUT2D eigenvalue weighted by molar-refractivity contribution is 7.98. The summed E-state index contributed by atoms with van der Waals surface area (Å²) in [7, 11) is 0. The van der Waals surface area contributed by atoms with Crippen molar-refractivity contribution in [3.8, 4) is 0 Å². The van der Waals surface area contributed by atoms with Gasteiger partial charge in [-0.05, 0) is 19.1 Å². The van der Waals surface area contributed by atoms with Crippen LogP contribution in [0.15, 0.2) is 21.8 Å². The molecular weight excluding hydrogens is 360 g/mol. The van der Waals surface area contributed by atoms with Crippen molar-refractivity contribution in [3.63, 3.8) is 0 Å². The van der Waals surface area contributed by atoms with E-state index in [4.69, 9.17) is 4.52 Å². The number of halogens is 2. The van der Waals surface area contributed by atoms with Gasteiger partial charge in [-0.3, -0.25) is 4.90 Å². The van der Waals surface area contributed by atoms with Crippen LogP contribution in [0.2, 0.25) is 0 Å². The number of piperazine rings is 1. The van der Waals surface area contributed by atoms with E-state index in [0.29, 0.717) is 16.9 Å². The molecule has 2 aromatic heterocycles. The summed E-state index contributed by atoms with van der Waals surface area (Å²) in [5.41, 5.74) is 0.754. The Kier molecular flexibility index (Phi) is 5.08. The fraction of sp³-hybridized carbons (Fsp3) is 0.588. The summed E-state index contributed by atoms with van der Waals surface area (Å²) >= 11 is 1.28. The molecule has 2 fully saturated rings. The molecule has 9 heteroatoms. The summed E-state index contributed by atoms with van der Waals surface area (Å²) in [5, 5.41) is 4.55. The minimum absolute atomic E-state index is 0.211. The van der Waals surface area contributed by atoms with Crippen LogP contribution in [0.4, 0.5) is 14.6 Å². The number of rotatable bonds is 6. The molecule has 6 nitrogen and oxygen atoms in total. The van der Waals surface area contributed by atoms with Crippen LogP contribution in [-0.4, -0.2) is 52.5 Å². The number of hydrogen-bond donors (Lipinski definition) is 0. The Morgan fingerprint density at radius 1 is 1.19 bits per heavy atom.